The second kappa shape index (κ2) is 10.5. The van der Waals surface area contributed by atoms with Gasteiger partial charge in [-0.2, -0.15) is 0 Å². The highest BCUT2D eigenvalue weighted by Gasteiger charge is 2.07. The first kappa shape index (κ1) is 20.7. The first-order valence-electron chi connectivity index (χ1n) is 8.68. The summed E-state index contributed by atoms with van der Waals surface area (Å²) in [6, 6.07) is 0. The van der Waals surface area contributed by atoms with Crippen LogP contribution in [0.1, 0.15) is 59.2 Å². The summed E-state index contributed by atoms with van der Waals surface area (Å²) < 4.78 is 1.83. The zero-order valence-corrected chi connectivity index (χ0v) is 16.0. The average molecular weight is 342 g/mol. The Balaban J connectivity index is 2.70. The summed E-state index contributed by atoms with van der Waals surface area (Å²) in [7, 11) is 1.86. The lowest BCUT2D eigenvalue weighted by molar-refractivity contribution is -0.131. The molecule has 0 aliphatic carbocycles. The normalized spacial score (nSPS) is 13.1. The molecule has 25 heavy (non-hydrogen) atoms. The molecule has 0 aliphatic heterocycles. The number of aromatic nitrogens is 2. The van der Waals surface area contributed by atoms with Crippen molar-refractivity contribution >= 4 is 11.5 Å². The number of carboxylic acids is 1. The molecule has 0 aliphatic rings. The van der Waals surface area contributed by atoms with Gasteiger partial charge in [0.05, 0.1) is 0 Å². The molecule has 0 saturated carbocycles. The van der Waals surface area contributed by atoms with E-state index in [0.29, 0.717) is 11.4 Å². The minimum atomic E-state index is -0.961. The molecule has 1 N–H and O–H groups in total. The van der Waals surface area contributed by atoms with Crippen molar-refractivity contribution in [2.75, 3.05) is 0 Å². The van der Waals surface area contributed by atoms with Crippen molar-refractivity contribution < 1.29 is 9.90 Å². The van der Waals surface area contributed by atoms with E-state index < -0.39 is 5.97 Å². The Labute approximate surface area is 151 Å². The van der Waals surface area contributed by atoms with Crippen LogP contribution in [0.15, 0.2) is 53.4 Å². The first-order valence-corrected chi connectivity index (χ1v) is 8.68. The fourth-order valence-electron chi connectivity index (χ4n) is 2.52. The Morgan fingerprint density at radius 3 is 2.28 bits per heavy atom. The minimum absolute atomic E-state index is 0.627. The summed E-state index contributed by atoms with van der Waals surface area (Å²) in [5.74, 6) is -0.299. The number of hydrogen-bond donors (Lipinski definition) is 1. The quantitative estimate of drug-likeness (QED) is 0.376. The van der Waals surface area contributed by atoms with E-state index in [1.54, 1.807) is 6.20 Å². The van der Waals surface area contributed by atoms with Gasteiger partial charge in [0.25, 0.3) is 0 Å². The number of rotatable bonds is 9. The molecule has 1 aromatic heterocycles. The lowest BCUT2D eigenvalue weighted by Crippen LogP contribution is -1.99. The van der Waals surface area contributed by atoms with Crippen LogP contribution in [0.5, 0.6) is 0 Å². The predicted octanol–water partition coefficient (Wildman–Crippen LogP) is 5.31. The Morgan fingerprint density at radius 1 is 1.08 bits per heavy atom. The van der Waals surface area contributed by atoms with E-state index in [0.717, 1.165) is 31.3 Å². The monoisotopic (exact) mass is 342 g/mol. The molecule has 0 radical (unpaired) electrons. The van der Waals surface area contributed by atoms with E-state index in [1.165, 1.54) is 17.2 Å². The Hall–Kier alpha value is -2.36. The van der Waals surface area contributed by atoms with Crippen LogP contribution in [0.2, 0.25) is 0 Å². The van der Waals surface area contributed by atoms with E-state index in [2.05, 4.69) is 37.9 Å². The van der Waals surface area contributed by atoms with E-state index >= 15 is 0 Å². The third-order valence-corrected chi connectivity index (χ3v) is 3.88. The maximum Gasteiger partial charge on any atom is 0.329 e. The van der Waals surface area contributed by atoms with Crippen LogP contribution in [-0.2, 0) is 11.8 Å². The van der Waals surface area contributed by atoms with Gasteiger partial charge in [-0.1, -0.05) is 34.9 Å². The van der Waals surface area contributed by atoms with E-state index in [4.69, 9.17) is 5.11 Å². The van der Waals surface area contributed by atoms with Gasteiger partial charge < -0.3 is 9.67 Å². The number of carboxylic acid groups (broad SMARTS) is 1. The highest BCUT2D eigenvalue weighted by Crippen LogP contribution is 2.18. The average Bonchev–Trinajstić information content (AvgIpc) is 2.91. The van der Waals surface area contributed by atoms with Crippen LogP contribution >= 0.6 is 0 Å². The summed E-state index contributed by atoms with van der Waals surface area (Å²) in [6.07, 6.45) is 15.2. The Bertz CT molecular complexity index is 699. The summed E-state index contributed by atoms with van der Waals surface area (Å²) in [5.41, 5.74) is 4.53. The topological polar surface area (TPSA) is 55.1 Å². The summed E-state index contributed by atoms with van der Waals surface area (Å²) in [6.45, 7) is 8.45. The molecular weight excluding hydrogens is 312 g/mol. The van der Waals surface area contributed by atoms with Gasteiger partial charge in [-0.3, -0.25) is 0 Å². The largest absolute Gasteiger partial charge is 0.478 e. The lowest BCUT2D eigenvalue weighted by Gasteiger charge is -2.05. The fraction of sp³-hybridized carbons (Fsp3) is 0.429. The molecule has 0 fully saturated rings. The van der Waals surface area contributed by atoms with Gasteiger partial charge in [0.2, 0.25) is 0 Å². The number of imidazole rings is 1. The number of allylic oxidation sites excluding steroid dienone is 7. The first-order chi connectivity index (χ1) is 11.8. The molecule has 136 valence electrons. The molecule has 4 nitrogen and oxygen atoms in total. The second-order valence-corrected chi connectivity index (χ2v) is 6.70. The van der Waals surface area contributed by atoms with Gasteiger partial charge in [-0.25, -0.2) is 9.78 Å². The van der Waals surface area contributed by atoms with Crippen LogP contribution in [-0.4, -0.2) is 20.6 Å². The number of nitrogens with zero attached hydrogens (tertiary/aromatic N) is 2. The van der Waals surface area contributed by atoms with Crippen molar-refractivity contribution in [3.63, 3.8) is 0 Å². The van der Waals surface area contributed by atoms with E-state index in [9.17, 15) is 4.79 Å². The van der Waals surface area contributed by atoms with Gasteiger partial charge in [-0.15, -0.1) is 0 Å². The molecule has 0 unspecified atom stereocenters. The third kappa shape index (κ3) is 8.34. The van der Waals surface area contributed by atoms with Gasteiger partial charge in [0.15, 0.2) is 0 Å². The predicted molar refractivity (Wildman–Crippen MR) is 104 cm³/mol. The van der Waals surface area contributed by atoms with Crippen molar-refractivity contribution in [3.8, 4) is 0 Å². The third-order valence-electron chi connectivity index (χ3n) is 3.88. The number of carbonyl (C=O) groups is 1. The van der Waals surface area contributed by atoms with Crippen LogP contribution in [0.4, 0.5) is 0 Å². The molecule has 0 spiro atoms. The fourth-order valence-corrected chi connectivity index (χ4v) is 2.52. The molecule has 1 rings (SSSR count). The molecule has 0 aromatic carbocycles. The zero-order valence-electron chi connectivity index (χ0n) is 16.0. The molecule has 4 heteroatoms. The van der Waals surface area contributed by atoms with Gasteiger partial charge in [0, 0.05) is 31.1 Å². The van der Waals surface area contributed by atoms with Crippen molar-refractivity contribution in [2.45, 2.75) is 53.4 Å². The standard InChI is InChI=1S/C21H30N2O2/c1-16(2)8-6-9-17(3)10-7-11-18(4)14-19(15-20(24)25)21-22-12-13-23(21)5/h8,10,12-15H,6-7,9,11H2,1-5H3,(H,24,25)/b17-10+,18-14+,19-15-. The van der Waals surface area contributed by atoms with E-state index in [-0.39, 0.29) is 0 Å². The smallest absolute Gasteiger partial charge is 0.329 e. The summed E-state index contributed by atoms with van der Waals surface area (Å²) >= 11 is 0. The highest BCUT2D eigenvalue weighted by atomic mass is 16.4. The summed E-state index contributed by atoms with van der Waals surface area (Å²) in [4.78, 5) is 15.3. The Morgan fingerprint density at radius 2 is 1.72 bits per heavy atom. The van der Waals surface area contributed by atoms with E-state index in [1.807, 2.05) is 30.8 Å². The molecule has 0 saturated heterocycles. The summed E-state index contributed by atoms with van der Waals surface area (Å²) in [5, 5.41) is 9.10. The minimum Gasteiger partial charge on any atom is -0.478 e. The molecule has 0 amide bonds. The molecule has 0 bridgehead atoms. The lowest BCUT2D eigenvalue weighted by atomic mass is 10.0. The molecular formula is C21H30N2O2. The van der Waals surface area contributed by atoms with Gasteiger partial charge >= 0.3 is 5.97 Å². The molecule has 0 atom stereocenters. The van der Waals surface area contributed by atoms with Crippen molar-refractivity contribution in [1.82, 2.24) is 9.55 Å². The maximum atomic E-state index is 11.1. The van der Waals surface area contributed by atoms with Crippen LogP contribution in [0.3, 0.4) is 0 Å². The highest BCUT2D eigenvalue weighted by molar-refractivity contribution is 5.92. The van der Waals surface area contributed by atoms with Crippen LogP contribution in [0, 0.1) is 0 Å². The van der Waals surface area contributed by atoms with Crippen LogP contribution in [0.25, 0.3) is 5.57 Å². The van der Waals surface area contributed by atoms with Crippen molar-refractivity contribution in [2.24, 2.45) is 7.05 Å². The number of hydrogen-bond acceptors (Lipinski definition) is 2. The van der Waals surface area contributed by atoms with Gasteiger partial charge in [0.1, 0.15) is 5.82 Å². The van der Waals surface area contributed by atoms with Crippen LogP contribution < -0.4 is 0 Å². The van der Waals surface area contributed by atoms with Crippen molar-refractivity contribution in [3.05, 3.63) is 59.2 Å². The Kier molecular flexibility index (Phi) is 8.68. The number of aryl methyl sites for hydroxylation is 1. The van der Waals surface area contributed by atoms with Gasteiger partial charge in [-0.05, 0) is 53.4 Å². The number of aliphatic carboxylic acids is 1. The second-order valence-electron chi connectivity index (χ2n) is 6.70. The SMILES string of the molecule is CC(C)=CCC/C(C)=C/CC/C(C)=C/C(=C/C(=O)O)c1nccn1C. The molecule has 1 aromatic rings. The maximum absolute atomic E-state index is 11.1. The zero-order chi connectivity index (χ0) is 18.8. The molecule has 1 heterocycles. The van der Waals surface area contributed by atoms with Crippen molar-refractivity contribution in [1.29, 1.82) is 0 Å².